The molecule has 1 saturated carbocycles. The third-order valence-corrected chi connectivity index (χ3v) is 7.41. The predicted octanol–water partition coefficient (Wildman–Crippen LogP) is 4.80. The first kappa shape index (κ1) is 24.9. The average Bonchev–Trinajstić information content (AvgIpc) is 3.58. The first-order chi connectivity index (χ1) is 18.0. The van der Waals surface area contributed by atoms with Gasteiger partial charge in [-0.05, 0) is 66.7 Å². The van der Waals surface area contributed by atoms with E-state index in [9.17, 15) is 9.35 Å². The molecule has 0 spiro atoms. The highest BCUT2D eigenvalue weighted by Crippen LogP contribution is 2.38. The zero-order chi connectivity index (χ0) is 25.9. The molecule has 1 amide bonds. The molecular formula is C27H29N5O4S. The van der Waals surface area contributed by atoms with Crippen molar-refractivity contribution in [3.8, 4) is 22.8 Å². The standard InChI is InChI=1S/C27H29N5O4S/c1-28-25(33)17-11-12-21(22(14-17)35-2)30-27-31-24-23(26(32-27)36-18-8-4-5-9-18)20(15-29-24)16-7-6-10-19(13-16)37(3)34/h6-7,10-15,18H,4-5,8-9H2,1-3H3,(H,28,33)(H2,29,30,31,32). The molecule has 0 radical (unpaired) electrons. The molecule has 2 aromatic heterocycles. The van der Waals surface area contributed by atoms with Crippen LogP contribution in [0.15, 0.2) is 53.6 Å². The fraction of sp³-hybridized carbons (Fsp3) is 0.296. The van der Waals surface area contributed by atoms with Gasteiger partial charge in [0.15, 0.2) is 4.90 Å². The predicted molar refractivity (Wildman–Crippen MR) is 144 cm³/mol. The van der Waals surface area contributed by atoms with Gasteiger partial charge in [0.25, 0.3) is 5.91 Å². The smallest absolute Gasteiger partial charge is 0.251 e. The number of rotatable bonds is 8. The van der Waals surface area contributed by atoms with Gasteiger partial charge in [-0.2, -0.15) is 9.97 Å². The summed E-state index contributed by atoms with van der Waals surface area (Å²) in [6.45, 7) is 0. The summed E-state index contributed by atoms with van der Waals surface area (Å²) in [6, 6.07) is 12.8. The van der Waals surface area contributed by atoms with Crippen molar-refractivity contribution >= 4 is 39.8 Å². The Kier molecular flexibility index (Phi) is 7.20. The van der Waals surface area contributed by atoms with Gasteiger partial charge in [0.2, 0.25) is 11.8 Å². The van der Waals surface area contributed by atoms with E-state index >= 15 is 0 Å². The highest BCUT2D eigenvalue weighted by Gasteiger charge is 2.23. The fourth-order valence-corrected chi connectivity index (χ4v) is 5.14. The van der Waals surface area contributed by atoms with Crippen molar-refractivity contribution in [3.05, 3.63) is 54.2 Å². The van der Waals surface area contributed by atoms with Gasteiger partial charge in [0.1, 0.15) is 23.8 Å². The summed E-state index contributed by atoms with van der Waals surface area (Å²) >= 11 is -1.10. The molecule has 0 aliphatic heterocycles. The number of aromatic nitrogens is 3. The minimum absolute atomic E-state index is 0.0876. The van der Waals surface area contributed by atoms with Crippen molar-refractivity contribution in [1.82, 2.24) is 20.3 Å². The summed E-state index contributed by atoms with van der Waals surface area (Å²) in [5.41, 5.74) is 3.51. The van der Waals surface area contributed by atoms with Gasteiger partial charge in [-0.25, -0.2) is 0 Å². The van der Waals surface area contributed by atoms with Crippen molar-refractivity contribution in [1.29, 1.82) is 0 Å². The maximum absolute atomic E-state index is 12.1. The normalized spacial score (nSPS) is 14.5. The second-order valence-electron chi connectivity index (χ2n) is 8.90. The van der Waals surface area contributed by atoms with Gasteiger partial charge in [0.05, 0.1) is 18.2 Å². The number of carbonyl (C=O) groups is 1. The second-order valence-corrected chi connectivity index (χ2v) is 10.3. The van der Waals surface area contributed by atoms with Gasteiger partial charge in [0, 0.05) is 30.4 Å². The van der Waals surface area contributed by atoms with Crippen molar-refractivity contribution < 1.29 is 18.8 Å². The van der Waals surface area contributed by atoms with E-state index in [2.05, 4.69) is 15.6 Å². The number of hydrogen-bond donors (Lipinski definition) is 3. The second kappa shape index (κ2) is 10.7. The van der Waals surface area contributed by atoms with E-state index in [0.29, 0.717) is 34.5 Å². The Bertz CT molecular complexity index is 1430. The monoisotopic (exact) mass is 519 g/mol. The Hall–Kier alpha value is -3.76. The fourth-order valence-electron chi connectivity index (χ4n) is 4.58. The minimum atomic E-state index is -1.10. The largest absolute Gasteiger partial charge is 0.612 e. The first-order valence-electron chi connectivity index (χ1n) is 12.1. The highest BCUT2D eigenvalue weighted by molar-refractivity contribution is 7.90. The number of nitrogens with one attached hydrogen (secondary N) is 3. The molecule has 1 atom stereocenters. The number of methoxy groups -OCH3 is 1. The van der Waals surface area contributed by atoms with E-state index < -0.39 is 11.2 Å². The van der Waals surface area contributed by atoms with E-state index in [1.807, 2.05) is 30.5 Å². The molecule has 4 aromatic rings. The van der Waals surface area contributed by atoms with Crippen LogP contribution in [0.1, 0.15) is 36.0 Å². The number of carbonyl (C=O) groups excluding carboxylic acids is 1. The summed E-state index contributed by atoms with van der Waals surface area (Å²) in [5, 5.41) is 6.61. The zero-order valence-corrected chi connectivity index (χ0v) is 21.8. The van der Waals surface area contributed by atoms with Crippen LogP contribution in [0.3, 0.4) is 0 Å². The molecule has 1 unspecified atom stereocenters. The van der Waals surface area contributed by atoms with Gasteiger partial charge < -0.3 is 29.6 Å². The molecule has 0 saturated heterocycles. The summed E-state index contributed by atoms with van der Waals surface area (Å²) in [4.78, 5) is 25.5. The van der Waals surface area contributed by atoms with Crippen LogP contribution in [0.4, 0.5) is 11.6 Å². The first-order valence-corrected chi connectivity index (χ1v) is 13.7. The lowest BCUT2D eigenvalue weighted by molar-refractivity contribution is 0.0962. The molecule has 37 heavy (non-hydrogen) atoms. The van der Waals surface area contributed by atoms with Crippen molar-refractivity contribution in [2.45, 2.75) is 36.7 Å². The van der Waals surface area contributed by atoms with E-state index in [-0.39, 0.29) is 12.0 Å². The molecule has 10 heteroatoms. The minimum Gasteiger partial charge on any atom is -0.612 e. The topological polar surface area (TPSA) is 124 Å². The lowest BCUT2D eigenvalue weighted by atomic mass is 10.1. The van der Waals surface area contributed by atoms with E-state index in [1.165, 1.54) is 0 Å². The van der Waals surface area contributed by atoms with Gasteiger partial charge in [-0.1, -0.05) is 12.1 Å². The van der Waals surface area contributed by atoms with Crippen LogP contribution >= 0.6 is 0 Å². The zero-order valence-electron chi connectivity index (χ0n) is 21.0. The molecule has 5 rings (SSSR count). The quantitative estimate of drug-likeness (QED) is 0.286. The molecule has 192 valence electrons. The van der Waals surface area contributed by atoms with E-state index in [0.717, 1.165) is 47.1 Å². The van der Waals surface area contributed by atoms with E-state index in [1.54, 1.807) is 38.6 Å². The van der Waals surface area contributed by atoms with Crippen molar-refractivity contribution in [3.63, 3.8) is 0 Å². The Morgan fingerprint density at radius 3 is 2.70 bits per heavy atom. The van der Waals surface area contributed by atoms with Crippen molar-refractivity contribution in [2.24, 2.45) is 0 Å². The number of fused-ring (bicyclic) bond motifs is 1. The Morgan fingerprint density at radius 1 is 1.16 bits per heavy atom. The molecular weight excluding hydrogens is 490 g/mol. The Balaban J connectivity index is 1.57. The number of benzene rings is 2. The molecule has 2 heterocycles. The van der Waals surface area contributed by atoms with Crippen molar-refractivity contribution in [2.75, 3.05) is 25.7 Å². The Labute approximate surface area is 218 Å². The van der Waals surface area contributed by atoms with Crippen LogP contribution in [-0.2, 0) is 11.2 Å². The third-order valence-electron chi connectivity index (χ3n) is 6.49. The number of nitrogens with zero attached hydrogens (tertiary/aromatic N) is 2. The summed E-state index contributed by atoms with van der Waals surface area (Å²) in [6.07, 6.45) is 7.84. The number of anilines is 2. The molecule has 0 bridgehead atoms. The lowest BCUT2D eigenvalue weighted by Gasteiger charge is -2.16. The summed E-state index contributed by atoms with van der Waals surface area (Å²) in [7, 11) is 3.12. The highest BCUT2D eigenvalue weighted by atomic mass is 32.2. The summed E-state index contributed by atoms with van der Waals surface area (Å²) in [5.74, 6) is 1.10. The Morgan fingerprint density at radius 2 is 1.97 bits per heavy atom. The average molecular weight is 520 g/mol. The molecule has 1 aliphatic carbocycles. The van der Waals surface area contributed by atoms with Crippen LogP contribution in [0, 0.1) is 0 Å². The van der Waals surface area contributed by atoms with Gasteiger partial charge in [-0.3, -0.25) is 4.79 Å². The number of H-pyrrole nitrogens is 1. The molecule has 1 aliphatic rings. The molecule has 3 N–H and O–H groups in total. The van der Waals surface area contributed by atoms with Crippen LogP contribution in [0.5, 0.6) is 11.6 Å². The molecule has 1 fully saturated rings. The van der Waals surface area contributed by atoms with E-state index in [4.69, 9.17) is 19.4 Å². The number of aromatic amines is 1. The van der Waals surface area contributed by atoms with Gasteiger partial charge in [-0.15, -0.1) is 0 Å². The van der Waals surface area contributed by atoms with Gasteiger partial charge >= 0.3 is 0 Å². The summed E-state index contributed by atoms with van der Waals surface area (Å²) < 4.78 is 24.0. The van der Waals surface area contributed by atoms with Crippen LogP contribution in [-0.4, -0.2) is 51.9 Å². The number of amides is 1. The third kappa shape index (κ3) is 5.21. The number of hydrogen-bond acceptors (Lipinski definition) is 7. The van der Waals surface area contributed by atoms with Crippen LogP contribution < -0.4 is 20.1 Å². The lowest BCUT2D eigenvalue weighted by Crippen LogP contribution is -2.17. The molecule has 2 aromatic carbocycles. The number of ether oxygens (including phenoxy) is 2. The SMILES string of the molecule is CNC(=O)c1ccc(Nc2nc(OC3CCCC3)c3c(-c4cccc([S+](C)[O-])c4)c[nH]c3n2)c(OC)c1. The van der Waals surface area contributed by atoms with Crippen LogP contribution in [0.2, 0.25) is 0 Å². The maximum Gasteiger partial charge on any atom is 0.251 e. The van der Waals surface area contributed by atoms with Crippen LogP contribution in [0.25, 0.3) is 22.2 Å². The maximum atomic E-state index is 12.1. The molecule has 9 nitrogen and oxygen atoms in total.